The van der Waals surface area contributed by atoms with E-state index < -0.39 is 0 Å². The number of nitrogens with one attached hydrogen (secondary N) is 1. The first kappa shape index (κ1) is 12.5. The molecule has 0 aliphatic carbocycles. The van der Waals surface area contributed by atoms with Crippen LogP contribution in [0.2, 0.25) is 0 Å². The van der Waals surface area contributed by atoms with Gasteiger partial charge in [-0.15, -0.1) is 11.8 Å². The maximum Gasteiger partial charge on any atom is 0.268 e. The van der Waals surface area contributed by atoms with Gasteiger partial charge in [0.25, 0.3) is 5.91 Å². The number of benzene rings is 1. The van der Waals surface area contributed by atoms with Crippen molar-refractivity contribution in [3.8, 4) is 0 Å². The van der Waals surface area contributed by atoms with Gasteiger partial charge in [0.2, 0.25) is 0 Å². The van der Waals surface area contributed by atoms with Crippen molar-refractivity contribution in [3.63, 3.8) is 0 Å². The lowest BCUT2D eigenvalue weighted by Crippen LogP contribution is -2.29. The van der Waals surface area contributed by atoms with Crippen LogP contribution < -0.4 is 17.0 Å². The number of nitrogen functional groups attached to an aromatic ring is 2. The van der Waals surface area contributed by atoms with Gasteiger partial charge >= 0.3 is 0 Å². The largest absolute Gasteiger partial charge is 0.468 e. The zero-order valence-corrected chi connectivity index (χ0v) is 10.4. The van der Waals surface area contributed by atoms with Gasteiger partial charge in [-0.1, -0.05) is 6.07 Å². The van der Waals surface area contributed by atoms with Gasteiger partial charge in [-0.05, 0) is 24.3 Å². The molecule has 94 valence electrons. The molecule has 0 spiro atoms. The normalized spacial score (nSPS) is 10.3. The molecule has 1 amide bonds. The molecule has 0 aliphatic heterocycles. The fraction of sp³-hybridized carbons (Fsp3) is 0.0833. The molecule has 1 aromatic heterocycles. The van der Waals surface area contributed by atoms with Crippen molar-refractivity contribution in [2.24, 2.45) is 5.84 Å². The molecule has 0 bridgehead atoms. The van der Waals surface area contributed by atoms with E-state index in [1.807, 2.05) is 24.3 Å². The Hall–Kier alpha value is -1.92. The number of hydrogen-bond donors (Lipinski definition) is 3. The molecule has 6 heteroatoms. The summed E-state index contributed by atoms with van der Waals surface area (Å²) in [4.78, 5) is 12.3. The quantitative estimate of drug-likeness (QED) is 0.257. The highest BCUT2D eigenvalue weighted by molar-refractivity contribution is 7.98. The zero-order chi connectivity index (χ0) is 13.0. The molecule has 2 rings (SSSR count). The smallest absolute Gasteiger partial charge is 0.268 e. The fourth-order valence-corrected chi connectivity index (χ4v) is 2.27. The summed E-state index contributed by atoms with van der Waals surface area (Å²) in [6.07, 6.45) is 1.39. The Bertz CT molecular complexity index is 554. The number of rotatable bonds is 4. The molecule has 0 aliphatic rings. The monoisotopic (exact) mass is 263 g/mol. The third kappa shape index (κ3) is 3.06. The van der Waals surface area contributed by atoms with Crippen molar-refractivity contribution < 1.29 is 9.21 Å². The lowest BCUT2D eigenvalue weighted by atomic mass is 10.3. The number of furan rings is 1. The average Bonchev–Trinajstić information content (AvgIpc) is 2.84. The van der Waals surface area contributed by atoms with Gasteiger partial charge in [-0.2, -0.15) is 0 Å². The van der Waals surface area contributed by atoms with Crippen LogP contribution in [0.5, 0.6) is 0 Å². The van der Waals surface area contributed by atoms with Crippen LogP contribution in [0.3, 0.4) is 0 Å². The van der Waals surface area contributed by atoms with E-state index >= 15 is 0 Å². The minimum absolute atomic E-state index is 0.362. The van der Waals surface area contributed by atoms with Gasteiger partial charge in [-0.3, -0.25) is 10.2 Å². The Kier molecular flexibility index (Phi) is 3.91. The number of carbonyl (C=O) groups is 1. The summed E-state index contributed by atoms with van der Waals surface area (Å²) in [5, 5.41) is 0. The number of thioether (sulfide) groups is 1. The van der Waals surface area contributed by atoms with Crippen molar-refractivity contribution in [1.82, 2.24) is 5.43 Å². The standard InChI is InChI=1S/C12H13N3O2S/c13-9-2-1-3-11(5-9)18-7-10-4-8(6-17-10)12(16)15-14/h1-6H,7,13-14H2,(H,15,16). The van der Waals surface area contributed by atoms with Gasteiger partial charge < -0.3 is 10.2 Å². The second-order valence-corrected chi connectivity index (χ2v) is 4.69. The van der Waals surface area contributed by atoms with E-state index in [4.69, 9.17) is 16.0 Å². The molecule has 0 unspecified atom stereocenters. The van der Waals surface area contributed by atoms with E-state index in [-0.39, 0.29) is 5.91 Å². The molecule has 2 aromatic rings. The number of hydrogen-bond acceptors (Lipinski definition) is 5. The lowest BCUT2D eigenvalue weighted by Gasteiger charge is -2.00. The van der Waals surface area contributed by atoms with Crippen LogP contribution in [0.25, 0.3) is 0 Å². The summed E-state index contributed by atoms with van der Waals surface area (Å²) in [6, 6.07) is 9.26. The van der Waals surface area contributed by atoms with E-state index in [9.17, 15) is 4.79 Å². The first-order chi connectivity index (χ1) is 8.69. The topological polar surface area (TPSA) is 94.3 Å². The zero-order valence-electron chi connectivity index (χ0n) is 9.55. The Morgan fingerprint density at radius 2 is 2.22 bits per heavy atom. The van der Waals surface area contributed by atoms with E-state index in [0.717, 1.165) is 10.6 Å². The molecule has 0 fully saturated rings. The maximum absolute atomic E-state index is 11.2. The summed E-state index contributed by atoms with van der Waals surface area (Å²) < 4.78 is 5.27. The number of carbonyl (C=O) groups excluding carboxylic acids is 1. The SMILES string of the molecule is NNC(=O)c1coc(CSc2cccc(N)c2)c1. The minimum Gasteiger partial charge on any atom is -0.468 e. The van der Waals surface area contributed by atoms with Crippen molar-refractivity contribution in [1.29, 1.82) is 0 Å². The van der Waals surface area contributed by atoms with Gasteiger partial charge in [0.05, 0.1) is 11.3 Å². The van der Waals surface area contributed by atoms with Crippen molar-refractivity contribution in [2.75, 3.05) is 5.73 Å². The van der Waals surface area contributed by atoms with Crippen LogP contribution in [0.1, 0.15) is 16.1 Å². The summed E-state index contributed by atoms with van der Waals surface area (Å²) in [7, 11) is 0. The average molecular weight is 263 g/mol. The van der Waals surface area contributed by atoms with Crippen LogP contribution in [0.15, 0.2) is 45.9 Å². The third-order valence-corrected chi connectivity index (χ3v) is 3.30. The number of amides is 1. The molecule has 5 nitrogen and oxygen atoms in total. The van der Waals surface area contributed by atoms with E-state index in [1.54, 1.807) is 17.8 Å². The molecular formula is C12H13N3O2S. The summed E-state index contributed by atoms with van der Waals surface area (Å²) in [6.45, 7) is 0. The Labute approximate surface area is 108 Å². The second-order valence-electron chi connectivity index (χ2n) is 3.64. The number of anilines is 1. The van der Waals surface area contributed by atoms with Crippen LogP contribution in [0.4, 0.5) is 5.69 Å². The highest BCUT2D eigenvalue weighted by Crippen LogP contribution is 2.25. The Morgan fingerprint density at radius 3 is 2.94 bits per heavy atom. The predicted octanol–water partition coefficient (Wildman–Crippen LogP) is 1.76. The Morgan fingerprint density at radius 1 is 1.39 bits per heavy atom. The van der Waals surface area contributed by atoms with Crippen LogP contribution in [-0.2, 0) is 5.75 Å². The predicted molar refractivity (Wildman–Crippen MR) is 70.8 cm³/mol. The molecule has 0 saturated carbocycles. The highest BCUT2D eigenvalue weighted by Gasteiger charge is 2.08. The van der Waals surface area contributed by atoms with Crippen molar-refractivity contribution in [2.45, 2.75) is 10.6 Å². The summed E-state index contributed by atoms with van der Waals surface area (Å²) in [5.74, 6) is 6.01. The molecular weight excluding hydrogens is 250 g/mol. The highest BCUT2D eigenvalue weighted by atomic mass is 32.2. The molecule has 0 saturated heterocycles. The van der Waals surface area contributed by atoms with Crippen LogP contribution in [0, 0.1) is 0 Å². The van der Waals surface area contributed by atoms with Gasteiger partial charge in [0, 0.05) is 10.6 Å². The van der Waals surface area contributed by atoms with E-state index in [2.05, 4.69) is 5.43 Å². The Balaban J connectivity index is 1.98. The minimum atomic E-state index is -0.362. The first-order valence-electron chi connectivity index (χ1n) is 5.26. The first-order valence-corrected chi connectivity index (χ1v) is 6.24. The second kappa shape index (κ2) is 5.61. The van der Waals surface area contributed by atoms with Gasteiger partial charge in [-0.25, -0.2) is 5.84 Å². The fourth-order valence-electron chi connectivity index (χ4n) is 1.42. The maximum atomic E-state index is 11.2. The van der Waals surface area contributed by atoms with Crippen molar-refractivity contribution >= 4 is 23.4 Å². The summed E-state index contributed by atoms with van der Waals surface area (Å²) in [5.41, 5.74) is 8.88. The molecule has 1 aromatic carbocycles. The summed E-state index contributed by atoms with van der Waals surface area (Å²) >= 11 is 1.58. The molecule has 1 heterocycles. The van der Waals surface area contributed by atoms with Gasteiger partial charge in [0.1, 0.15) is 12.0 Å². The lowest BCUT2D eigenvalue weighted by molar-refractivity contribution is 0.0953. The molecule has 5 N–H and O–H groups in total. The third-order valence-electron chi connectivity index (χ3n) is 2.29. The number of hydrazine groups is 1. The molecule has 0 radical (unpaired) electrons. The van der Waals surface area contributed by atoms with Crippen LogP contribution >= 0.6 is 11.8 Å². The van der Waals surface area contributed by atoms with E-state index in [1.165, 1.54) is 6.26 Å². The van der Waals surface area contributed by atoms with E-state index in [0.29, 0.717) is 17.1 Å². The number of nitrogens with two attached hydrogens (primary N) is 2. The molecule has 0 atom stereocenters. The van der Waals surface area contributed by atoms with Crippen LogP contribution in [-0.4, -0.2) is 5.91 Å². The molecule has 18 heavy (non-hydrogen) atoms. The van der Waals surface area contributed by atoms with Crippen molar-refractivity contribution in [3.05, 3.63) is 47.9 Å². The van der Waals surface area contributed by atoms with Gasteiger partial charge in [0.15, 0.2) is 0 Å².